The van der Waals surface area contributed by atoms with Gasteiger partial charge in [0, 0.05) is 25.5 Å². The van der Waals surface area contributed by atoms with Gasteiger partial charge in [-0.2, -0.15) is 5.10 Å². The number of amides is 2. The average Bonchev–Trinajstić information content (AvgIpc) is 3.10. The Bertz CT molecular complexity index is 803. The lowest BCUT2D eigenvalue weighted by atomic mass is 10.2. The van der Waals surface area contributed by atoms with E-state index in [1.807, 2.05) is 0 Å². The van der Waals surface area contributed by atoms with Crippen molar-refractivity contribution >= 4 is 23.5 Å². The first-order valence-electron chi connectivity index (χ1n) is 7.57. The van der Waals surface area contributed by atoms with Gasteiger partial charge >= 0.3 is 12.0 Å². The molecule has 1 aromatic heterocycles. The Morgan fingerprint density at radius 2 is 2.21 bits per heavy atom. The van der Waals surface area contributed by atoms with Crippen LogP contribution in [0.25, 0.3) is 0 Å². The van der Waals surface area contributed by atoms with Gasteiger partial charge in [-0.3, -0.25) is 14.9 Å². The zero-order valence-corrected chi connectivity index (χ0v) is 13.4. The maximum atomic E-state index is 13.3. The molecule has 1 aromatic carbocycles. The van der Waals surface area contributed by atoms with E-state index in [0.29, 0.717) is 18.7 Å². The Labute approximate surface area is 138 Å². The minimum atomic E-state index is -0.551. The number of hydrogen-bond acceptors (Lipinski definition) is 4. The molecule has 1 aliphatic rings. The molecule has 0 bridgehead atoms. The monoisotopic (exact) mass is 332 g/mol. The maximum Gasteiger partial charge on any atom is 0.343 e. The van der Waals surface area contributed by atoms with Crippen LogP contribution in [0.5, 0.6) is 0 Å². The van der Waals surface area contributed by atoms with Crippen molar-refractivity contribution in [2.45, 2.75) is 13.3 Å². The predicted octanol–water partition coefficient (Wildman–Crippen LogP) is 2.33. The van der Waals surface area contributed by atoms with Crippen molar-refractivity contribution in [3.8, 4) is 0 Å². The molecule has 0 unspecified atom stereocenters. The largest absolute Gasteiger partial charge is 0.462 e. The van der Waals surface area contributed by atoms with Crippen LogP contribution in [0.1, 0.15) is 22.8 Å². The number of ether oxygens (including phenoxy) is 1. The lowest BCUT2D eigenvalue weighted by Gasteiger charge is -2.17. The first kappa shape index (κ1) is 16.0. The average molecular weight is 332 g/mol. The van der Waals surface area contributed by atoms with Crippen molar-refractivity contribution in [3.63, 3.8) is 0 Å². The molecule has 8 heteroatoms. The molecule has 0 spiro atoms. The number of anilines is 2. The third-order valence-electron chi connectivity index (χ3n) is 3.73. The molecule has 0 saturated carbocycles. The zero-order valence-electron chi connectivity index (χ0n) is 13.4. The number of rotatable bonds is 3. The number of nitrogens with zero attached hydrogens (tertiary/aromatic N) is 3. The first-order chi connectivity index (χ1) is 11.5. The molecule has 126 valence electrons. The Kier molecular flexibility index (Phi) is 4.20. The normalized spacial score (nSPS) is 12.9. The van der Waals surface area contributed by atoms with Gasteiger partial charge in [-0.1, -0.05) is 0 Å². The molecule has 0 saturated heterocycles. The van der Waals surface area contributed by atoms with Crippen LogP contribution in [0.15, 0.2) is 24.4 Å². The van der Waals surface area contributed by atoms with Gasteiger partial charge in [0.05, 0.1) is 6.61 Å². The number of carbonyl (C=O) groups excluding carboxylic acids is 2. The summed E-state index contributed by atoms with van der Waals surface area (Å²) in [6, 6.07) is 3.88. The van der Waals surface area contributed by atoms with Crippen LogP contribution in [0.2, 0.25) is 0 Å². The Morgan fingerprint density at radius 3 is 2.96 bits per heavy atom. The third-order valence-corrected chi connectivity index (χ3v) is 3.73. The number of carbonyl (C=O) groups is 2. The molecule has 24 heavy (non-hydrogen) atoms. The minimum absolute atomic E-state index is 0.136. The molecule has 0 atom stereocenters. The molecule has 2 aromatic rings. The standard InChI is InChI=1S/C16H17FN4O3/c1-3-24-15(22)12-9-20(2)19-14(12)18-16(23)21-7-6-10-8-11(17)4-5-13(10)21/h4-5,8-9H,3,6-7H2,1-2H3,(H,18,19,23). The van der Waals surface area contributed by atoms with E-state index in [1.165, 1.54) is 27.9 Å². The van der Waals surface area contributed by atoms with Gasteiger partial charge in [0.15, 0.2) is 5.82 Å². The zero-order chi connectivity index (χ0) is 17.3. The molecule has 2 heterocycles. The van der Waals surface area contributed by atoms with Gasteiger partial charge in [-0.25, -0.2) is 14.0 Å². The topological polar surface area (TPSA) is 76.5 Å². The highest BCUT2D eigenvalue weighted by molar-refractivity contribution is 6.06. The van der Waals surface area contributed by atoms with Crippen molar-refractivity contribution in [1.29, 1.82) is 0 Å². The van der Waals surface area contributed by atoms with Gasteiger partial charge in [0.2, 0.25) is 0 Å². The summed E-state index contributed by atoms with van der Waals surface area (Å²) >= 11 is 0. The van der Waals surface area contributed by atoms with E-state index in [9.17, 15) is 14.0 Å². The van der Waals surface area contributed by atoms with Crippen molar-refractivity contribution in [2.24, 2.45) is 7.05 Å². The highest BCUT2D eigenvalue weighted by atomic mass is 19.1. The van der Waals surface area contributed by atoms with Gasteiger partial charge in [-0.15, -0.1) is 0 Å². The fourth-order valence-electron chi connectivity index (χ4n) is 2.69. The highest BCUT2D eigenvalue weighted by Gasteiger charge is 2.27. The fourth-order valence-corrected chi connectivity index (χ4v) is 2.69. The molecule has 0 aliphatic carbocycles. The molecule has 7 nitrogen and oxygen atoms in total. The Hall–Kier alpha value is -2.90. The van der Waals surface area contributed by atoms with Gasteiger partial charge in [-0.05, 0) is 37.1 Å². The van der Waals surface area contributed by atoms with Crippen molar-refractivity contribution in [3.05, 3.63) is 41.3 Å². The summed E-state index contributed by atoms with van der Waals surface area (Å²) in [6.45, 7) is 2.37. The van der Waals surface area contributed by atoms with E-state index in [2.05, 4.69) is 10.4 Å². The molecule has 0 radical (unpaired) electrons. The quantitative estimate of drug-likeness (QED) is 0.875. The number of aromatic nitrogens is 2. The Morgan fingerprint density at radius 1 is 1.42 bits per heavy atom. The van der Waals surface area contributed by atoms with E-state index in [4.69, 9.17) is 4.74 Å². The number of aryl methyl sites for hydroxylation is 1. The summed E-state index contributed by atoms with van der Waals surface area (Å²) in [6.07, 6.45) is 2.06. The van der Waals surface area contributed by atoms with Crippen LogP contribution < -0.4 is 10.2 Å². The summed E-state index contributed by atoms with van der Waals surface area (Å²) in [7, 11) is 1.65. The van der Waals surface area contributed by atoms with Crippen LogP contribution >= 0.6 is 0 Å². The number of hydrogen-bond donors (Lipinski definition) is 1. The smallest absolute Gasteiger partial charge is 0.343 e. The van der Waals surface area contributed by atoms with E-state index in [1.54, 1.807) is 20.0 Å². The summed E-state index contributed by atoms with van der Waals surface area (Å²) < 4.78 is 19.7. The van der Waals surface area contributed by atoms with Crippen molar-refractivity contribution < 1.29 is 18.7 Å². The minimum Gasteiger partial charge on any atom is -0.462 e. The second-order valence-electron chi connectivity index (χ2n) is 5.39. The third kappa shape index (κ3) is 2.94. The van der Waals surface area contributed by atoms with Gasteiger partial charge in [0.25, 0.3) is 0 Å². The molecule has 0 fully saturated rings. The summed E-state index contributed by atoms with van der Waals surface area (Å²) in [5.74, 6) is -0.744. The lowest BCUT2D eigenvalue weighted by Crippen LogP contribution is -2.34. The van der Waals surface area contributed by atoms with Gasteiger partial charge in [0.1, 0.15) is 11.4 Å². The molecular weight excluding hydrogens is 315 g/mol. The first-order valence-corrected chi connectivity index (χ1v) is 7.57. The number of fused-ring (bicyclic) bond motifs is 1. The SMILES string of the molecule is CCOC(=O)c1cn(C)nc1NC(=O)N1CCc2cc(F)ccc21. The van der Waals surface area contributed by atoms with E-state index >= 15 is 0 Å². The van der Waals surface area contributed by atoms with Crippen molar-refractivity contribution in [2.75, 3.05) is 23.4 Å². The number of halogens is 1. The lowest BCUT2D eigenvalue weighted by molar-refractivity contribution is 0.0527. The molecule has 1 aliphatic heterocycles. The molecule has 3 rings (SSSR count). The summed E-state index contributed by atoms with van der Waals surface area (Å²) in [4.78, 5) is 26.0. The maximum absolute atomic E-state index is 13.3. The number of esters is 1. The Balaban J connectivity index is 1.81. The fraction of sp³-hybridized carbons (Fsp3) is 0.312. The summed E-state index contributed by atoms with van der Waals surface area (Å²) in [5, 5.41) is 6.72. The number of nitrogens with one attached hydrogen (secondary N) is 1. The van der Waals surface area contributed by atoms with Gasteiger partial charge < -0.3 is 4.74 Å². The van der Waals surface area contributed by atoms with Crippen LogP contribution in [-0.4, -0.2) is 34.9 Å². The van der Waals surface area contributed by atoms with E-state index in [-0.39, 0.29) is 23.8 Å². The highest BCUT2D eigenvalue weighted by Crippen LogP contribution is 2.29. The summed E-state index contributed by atoms with van der Waals surface area (Å²) in [5.41, 5.74) is 1.62. The van der Waals surface area contributed by atoms with Crippen LogP contribution in [0.4, 0.5) is 20.7 Å². The second-order valence-corrected chi connectivity index (χ2v) is 5.39. The second kappa shape index (κ2) is 6.31. The number of urea groups is 1. The van der Waals surface area contributed by atoms with Crippen LogP contribution in [0.3, 0.4) is 0 Å². The number of benzene rings is 1. The van der Waals surface area contributed by atoms with Crippen LogP contribution in [-0.2, 0) is 18.2 Å². The van der Waals surface area contributed by atoms with E-state index in [0.717, 1.165) is 5.56 Å². The van der Waals surface area contributed by atoms with E-state index < -0.39 is 12.0 Å². The molecule has 2 amide bonds. The molecular formula is C16H17FN4O3. The van der Waals surface area contributed by atoms with Crippen LogP contribution in [0, 0.1) is 5.82 Å². The predicted molar refractivity (Wildman–Crippen MR) is 85.6 cm³/mol. The molecule has 1 N–H and O–H groups in total. The van der Waals surface area contributed by atoms with Crippen molar-refractivity contribution in [1.82, 2.24) is 9.78 Å².